The number of hydrogen-bond donors (Lipinski definition) is 2. The molecule has 0 bridgehead atoms. The van der Waals surface area contributed by atoms with Crippen LogP contribution in [0.4, 0.5) is 5.69 Å². The lowest BCUT2D eigenvalue weighted by atomic mass is 10.1. The Balaban J connectivity index is 1.49. The van der Waals surface area contributed by atoms with Gasteiger partial charge in [0.25, 0.3) is 11.8 Å². The van der Waals surface area contributed by atoms with E-state index in [-0.39, 0.29) is 11.7 Å². The molecule has 0 fully saturated rings. The molecule has 2 amide bonds. The number of benzene rings is 2. The highest BCUT2D eigenvalue weighted by Gasteiger charge is 2.23. The van der Waals surface area contributed by atoms with Gasteiger partial charge in [-0.05, 0) is 53.6 Å². The van der Waals surface area contributed by atoms with Gasteiger partial charge in [-0.3, -0.25) is 14.6 Å². The normalized spacial score (nSPS) is 14.0. The minimum atomic E-state index is -0.398. The highest BCUT2D eigenvalue weighted by Crippen LogP contribution is 2.32. The average Bonchev–Trinajstić information content (AvgIpc) is 2.73. The number of fused-ring (bicyclic) bond motifs is 1. The van der Waals surface area contributed by atoms with Gasteiger partial charge >= 0.3 is 0 Å². The molecule has 0 unspecified atom stereocenters. The van der Waals surface area contributed by atoms with E-state index in [1.165, 1.54) is 0 Å². The van der Waals surface area contributed by atoms with E-state index in [1.807, 2.05) is 18.2 Å². The largest absolute Gasteiger partial charge is 0.449 e. The van der Waals surface area contributed by atoms with Crippen molar-refractivity contribution in [3.05, 3.63) is 94.5 Å². The Bertz CT molecular complexity index is 1110. The van der Waals surface area contributed by atoms with Crippen molar-refractivity contribution in [2.24, 2.45) is 0 Å². The average molecular weight is 406 g/mol. The molecular formula is C22H16ClN3O3. The minimum Gasteiger partial charge on any atom is -0.449 e. The van der Waals surface area contributed by atoms with Crippen molar-refractivity contribution in [1.82, 2.24) is 10.3 Å². The molecular weight excluding hydrogens is 390 g/mol. The van der Waals surface area contributed by atoms with Gasteiger partial charge in [-0.15, -0.1) is 0 Å². The molecule has 1 aliphatic rings. The second-order valence-corrected chi connectivity index (χ2v) is 6.81. The van der Waals surface area contributed by atoms with E-state index in [4.69, 9.17) is 16.3 Å². The Morgan fingerprint density at radius 2 is 2.07 bits per heavy atom. The SMILES string of the molecule is O=C1Nc2cc(C(=O)NCc3cccnc3)ccc2OC1=Cc1cccc(Cl)c1. The Morgan fingerprint density at radius 3 is 2.86 bits per heavy atom. The third kappa shape index (κ3) is 4.44. The van der Waals surface area contributed by atoms with E-state index in [2.05, 4.69) is 15.6 Å². The molecule has 0 saturated carbocycles. The van der Waals surface area contributed by atoms with Crippen LogP contribution in [0.3, 0.4) is 0 Å². The number of nitrogens with one attached hydrogen (secondary N) is 2. The molecule has 144 valence electrons. The maximum absolute atomic E-state index is 12.4. The molecule has 0 saturated heterocycles. The molecule has 2 aromatic carbocycles. The molecule has 0 radical (unpaired) electrons. The van der Waals surface area contributed by atoms with E-state index in [0.717, 1.165) is 11.1 Å². The molecule has 29 heavy (non-hydrogen) atoms. The maximum atomic E-state index is 12.4. The summed E-state index contributed by atoms with van der Waals surface area (Å²) in [5.41, 5.74) is 2.50. The lowest BCUT2D eigenvalue weighted by Crippen LogP contribution is -2.25. The highest BCUT2D eigenvalue weighted by molar-refractivity contribution is 6.30. The van der Waals surface area contributed by atoms with Gasteiger partial charge in [-0.2, -0.15) is 0 Å². The molecule has 1 aliphatic heterocycles. The monoisotopic (exact) mass is 405 g/mol. The standard InChI is InChI=1S/C22H16ClN3O3/c23-17-5-1-3-14(9-17)10-20-22(28)26-18-11-16(6-7-19(18)29-20)21(27)25-13-15-4-2-8-24-12-15/h1-12H,13H2,(H,25,27)(H,26,28). The van der Waals surface area contributed by atoms with Crippen molar-refractivity contribution in [1.29, 1.82) is 0 Å². The fourth-order valence-electron chi connectivity index (χ4n) is 2.84. The summed E-state index contributed by atoms with van der Waals surface area (Å²) in [4.78, 5) is 28.8. The summed E-state index contributed by atoms with van der Waals surface area (Å²) in [5.74, 6) is -0.0493. The highest BCUT2D eigenvalue weighted by atomic mass is 35.5. The maximum Gasteiger partial charge on any atom is 0.291 e. The number of pyridine rings is 1. The number of halogens is 1. The van der Waals surface area contributed by atoms with Crippen LogP contribution in [0.15, 0.2) is 72.8 Å². The third-order valence-electron chi connectivity index (χ3n) is 4.26. The van der Waals surface area contributed by atoms with Crippen LogP contribution in [-0.4, -0.2) is 16.8 Å². The number of ether oxygens (including phenoxy) is 1. The van der Waals surface area contributed by atoms with Crippen molar-refractivity contribution < 1.29 is 14.3 Å². The van der Waals surface area contributed by atoms with Crippen molar-refractivity contribution >= 4 is 35.2 Å². The number of hydrogen-bond acceptors (Lipinski definition) is 4. The summed E-state index contributed by atoms with van der Waals surface area (Å²) >= 11 is 5.98. The fourth-order valence-corrected chi connectivity index (χ4v) is 3.04. The lowest BCUT2D eigenvalue weighted by molar-refractivity contribution is -0.115. The predicted molar refractivity (Wildman–Crippen MR) is 111 cm³/mol. The molecule has 4 rings (SSSR count). The zero-order valence-corrected chi connectivity index (χ0v) is 15.9. The number of carbonyl (C=O) groups excluding carboxylic acids is 2. The number of rotatable bonds is 4. The third-order valence-corrected chi connectivity index (χ3v) is 4.49. The van der Waals surface area contributed by atoms with Crippen LogP contribution in [0.2, 0.25) is 5.02 Å². The van der Waals surface area contributed by atoms with Crippen molar-refractivity contribution in [3.8, 4) is 5.75 Å². The van der Waals surface area contributed by atoms with Crippen LogP contribution in [-0.2, 0) is 11.3 Å². The minimum absolute atomic E-state index is 0.147. The van der Waals surface area contributed by atoms with Crippen LogP contribution >= 0.6 is 11.6 Å². The molecule has 1 aromatic heterocycles. The summed E-state index contributed by atoms with van der Waals surface area (Å²) in [5, 5.41) is 6.15. The van der Waals surface area contributed by atoms with Crippen LogP contribution in [0.25, 0.3) is 6.08 Å². The Hall–Kier alpha value is -3.64. The van der Waals surface area contributed by atoms with E-state index in [1.54, 1.807) is 54.9 Å². The number of carbonyl (C=O) groups is 2. The molecule has 2 heterocycles. The number of amides is 2. The van der Waals surface area contributed by atoms with Gasteiger partial charge in [0.05, 0.1) is 5.69 Å². The van der Waals surface area contributed by atoms with Gasteiger partial charge in [0.2, 0.25) is 0 Å². The summed E-state index contributed by atoms with van der Waals surface area (Å²) < 4.78 is 5.72. The summed E-state index contributed by atoms with van der Waals surface area (Å²) in [7, 11) is 0. The van der Waals surface area contributed by atoms with E-state index in [9.17, 15) is 9.59 Å². The topological polar surface area (TPSA) is 80.3 Å². The summed E-state index contributed by atoms with van der Waals surface area (Å²) in [6.45, 7) is 0.360. The molecule has 2 N–H and O–H groups in total. The summed E-state index contributed by atoms with van der Waals surface area (Å²) in [6, 6.07) is 15.7. The molecule has 3 aromatic rings. The van der Waals surface area contributed by atoms with Gasteiger partial charge in [0.15, 0.2) is 11.5 Å². The van der Waals surface area contributed by atoms with Gasteiger partial charge < -0.3 is 15.4 Å². The van der Waals surface area contributed by atoms with Gasteiger partial charge in [-0.25, -0.2) is 0 Å². The van der Waals surface area contributed by atoms with Crippen LogP contribution in [0.5, 0.6) is 5.75 Å². The zero-order valence-electron chi connectivity index (χ0n) is 15.2. The van der Waals surface area contributed by atoms with E-state index >= 15 is 0 Å². The quantitative estimate of drug-likeness (QED) is 0.642. The molecule has 0 spiro atoms. The van der Waals surface area contributed by atoms with Gasteiger partial charge in [0.1, 0.15) is 0 Å². The molecule has 7 heteroatoms. The van der Waals surface area contributed by atoms with Crippen LogP contribution in [0.1, 0.15) is 21.5 Å². The van der Waals surface area contributed by atoms with Gasteiger partial charge in [-0.1, -0.05) is 29.8 Å². The first-order valence-corrected chi connectivity index (χ1v) is 9.24. The Labute approximate surface area is 172 Å². The predicted octanol–water partition coefficient (Wildman–Crippen LogP) is 4.04. The van der Waals surface area contributed by atoms with Crippen LogP contribution < -0.4 is 15.4 Å². The zero-order chi connectivity index (χ0) is 20.2. The smallest absolute Gasteiger partial charge is 0.291 e. The van der Waals surface area contributed by atoms with Crippen molar-refractivity contribution in [3.63, 3.8) is 0 Å². The number of nitrogens with zero attached hydrogens (tertiary/aromatic N) is 1. The van der Waals surface area contributed by atoms with Crippen LogP contribution in [0, 0.1) is 0 Å². The number of anilines is 1. The van der Waals surface area contributed by atoms with Gasteiger partial charge in [0, 0.05) is 29.5 Å². The first kappa shape index (κ1) is 18.7. The Morgan fingerprint density at radius 1 is 1.17 bits per heavy atom. The fraction of sp³-hybridized carbons (Fsp3) is 0.0455. The van der Waals surface area contributed by atoms with E-state index < -0.39 is 5.91 Å². The van der Waals surface area contributed by atoms with E-state index in [0.29, 0.717) is 28.6 Å². The molecule has 0 aliphatic carbocycles. The summed E-state index contributed by atoms with van der Waals surface area (Å²) in [6.07, 6.45) is 4.97. The molecule has 6 nitrogen and oxygen atoms in total. The first-order chi connectivity index (χ1) is 14.1. The van der Waals surface area contributed by atoms with Crippen molar-refractivity contribution in [2.75, 3.05) is 5.32 Å². The molecule has 0 atom stereocenters. The lowest BCUT2D eigenvalue weighted by Gasteiger charge is -2.20. The Kier molecular flexibility index (Phi) is 5.27. The second-order valence-electron chi connectivity index (χ2n) is 6.37. The number of aromatic nitrogens is 1. The van der Waals surface area contributed by atoms with Crippen molar-refractivity contribution in [2.45, 2.75) is 6.54 Å². The first-order valence-electron chi connectivity index (χ1n) is 8.86. The second kappa shape index (κ2) is 8.16.